The van der Waals surface area contributed by atoms with Gasteiger partial charge >= 0.3 is 12.1 Å². The molecule has 0 bridgehead atoms. The number of fused-ring (bicyclic) bond motifs is 3. The quantitative estimate of drug-likeness (QED) is 0.557. The molecule has 1 aliphatic carbocycles. The summed E-state index contributed by atoms with van der Waals surface area (Å²) in [5.74, 6) is -1.15. The summed E-state index contributed by atoms with van der Waals surface area (Å²) >= 11 is 5.90. The standard InChI is InChI=1S/C23H19ClN2O4/c24-21-11-5-10-19(25-21)20(12-22(27)28)26-23(29)30-13-18-16-8-3-1-6-14(16)15-7-2-4-9-17(15)18/h1-11,18,20H,12-13H2,(H,26,29)(H,27,28)/t20-/m0/s1. The molecule has 1 aliphatic rings. The van der Waals surface area contributed by atoms with Crippen LogP contribution in [0.4, 0.5) is 4.79 Å². The Morgan fingerprint density at radius 2 is 1.63 bits per heavy atom. The molecule has 1 aromatic heterocycles. The number of hydrogen-bond donors (Lipinski definition) is 2. The second-order valence-electron chi connectivity index (χ2n) is 7.01. The van der Waals surface area contributed by atoms with E-state index in [0.717, 1.165) is 22.3 Å². The van der Waals surface area contributed by atoms with Crippen LogP contribution < -0.4 is 5.32 Å². The van der Waals surface area contributed by atoms with Crippen molar-refractivity contribution in [1.29, 1.82) is 0 Å². The molecule has 0 saturated heterocycles. The Labute approximate surface area is 178 Å². The third-order valence-electron chi connectivity index (χ3n) is 5.11. The van der Waals surface area contributed by atoms with Gasteiger partial charge in [-0.2, -0.15) is 0 Å². The number of nitrogens with zero attached hydrogens (tertiary/aromatic N) is 1. The summed E-state index contributed by atoms with van der Waals surface area (Å²) in [6, 6.07) is 20.1. The molecule has 2 aromatic carbocycles. The van der Waals surface area contributed by atoms with E-state index < -0.39 is 18.1 Å². The third-order valence-corrected chi connectivity index (χ3v) is 5.32. The molecular formula is C23H19ClN2O4. The van der Waals surface area contributed by atoms with Gasteiger partial charge in [-0.25, -0.2) is 9.78 Å². The fourth-order valence-corrected chi connectivity index (χ4v) is 3.97. The van der Waals surface area contributed by atoms with Crippen LogP contribution in [0.25, 0.3) is 11.1 Å². The molecule has 6 nitrogen and oxygen atoms in total. The van der Waals surface area contributed by atoms with Gasteiger partial charge in [0.2, 0.25) is 0 Å². The number of benzene rings is 2. The summed E-state index contributed by atoms with van der Waals surface area (Å²) in [4.78, 5) is 27.8. The number of carbonyl (C=O) groups excluding carboxylic acids is 1. The number of aliphatic carboxylic acids is 1. The van der Waals surface area contributed by atoms with Crippen LogP contribution >= 0.6 is 11.6 Å². The van der Waals surface area contributed by atoms with E-state index in [9.17, 15) is 14.7 Å². The Bertz CT molecular complexity index is 1060. The fourth-order valence-electron chi connectivity index (χ4n) is 3.80. The van der Waals surface area contributed by atoms with Gasteiger partial charge in [-0.3, -0.25) is 4.79 Å². The van der Waals surface area contributed by atoms with E-state index in [0.29, 0.717) is 5.69 Å². The van der Waals surface area contributed by atoms with Crippen LogP contribution in [0, 0.1) is 0 Å². The number of halogens is 1. The van der Waals surface area contributed by atoms with Crippen molar-refractivity contribution in [3.8, 4) is 11.1 Å². The molecule has 0 fully saturated rings. The van der Waals surface area contributed by atoms with E-state index in [2.05, 4.69) is 22.4 Å². The van der Waals surface area contributed by atoms with Crippen molar-refractivity contribution in [1.82, 2.24) is 10.3 Å². The average molecular weight is 423 g/mol. The lowest BCUT2D eigenvalue weighted by molar-refractivity contribution is -0.137. The van der Waals surface area contributed by atoms with Gasteiger partial charge in [-0.15, -0.1) is 0 Å². The van der Waals surface area contributed by atoms with Gasteiger partial charge in [-0.05, 0) is 34.4 Å². The Balaban J connectivity index is 1.48. The molecule has 1 atom stereocenters. The van der Waals surface area contributed by atoms with Crippen LogP contribution in [0.1, 0.15) is 35.2 Å². The monoisotopic (exact) mass is 422 g/mol. The first-order valence-corrected chi connectivity index (χ1v) is 9.86. The minimum absolute atomic E-state index is 0.0784. The number of carboxylic acids is 1. The predicted octanol–water partition coefficient (Wildman–Crippen LogP) is 4.79. The Kier molecular flexibility index (Phi) is 5.68. The number of rotatable bonds is 6. The summed E-state index contributed by atoms with van der Waals surface area (Å²) in [5, 5.41) is 12.0. The Hall–Kier alpha value is -3.38. The van der Waals surface area contributed by atoms with Gasteiger partial charge in [0.15, 0.2) is 0 Å². The third kappa shape index (κ3) is 4.14. The molecule has 0 unspecified atom stereocenters. The van der Waals surface area contributed by atoms with E-state index >= 15 is 0 Å². The van der Waals surface area contributed by atoms with Crippen molar-refractivity contribution in [3.63, 3.8) is 0 Å². The van der Waals surface area contributed by atoms with Gasteiger partial charge < -0.3 is 15.2 Å². The SMILES string of the molecule is O=C(O)C[C@H](NC(=O)OCC1c2ccccc2-c2ccccc21)c1cccc(Cl)n1. The second kappa shape index (κ2) is 8.55. The van der Waals surface area contributed by atoms with Crippen molar-refractivity contribution < 1.29 is 19.4 Å². The molecule has 0 aliphatic heterocycles. The molecule has 0 saturated carbocycles. The van der Waals surface area contributed by atoms with Crippen molar-refractivity contribution >= 4 is 23.7 Å². The number of nitrogens with one attached hydrogen (secondary N) is 1. The summed E-state index contributed by atoms with van der Waals surface area (Å²) in [6.45, 7) is 0.141. The van der Waals surface area contributed by atoms with Crippen LogP contribution in [-0.2, 0) is 9.53 Å². The zero-order chi connectivity index (χ0) is 21.1. The Morgan fingerprint density at radius 1 is 1.00 bits per heavy atom. The summed E-state index contributed by atoms with van der Waals surface area (Å²) in [7, 11) is 0. The zero-order valence-electron chi connectivity index (χ0n) is 15.9. The van der Waals surface area contributed by atoms with Crippen molar-refractivity contribution in [3.05, 3.63) is 88.7 Å². The summed E-state index contributed by atoms with van der Waals surface area (Å²) in [6.07, 6.45) is -1.04. The lowest BCUT2D eigenvalue weighted by Crippen LogP contribution is -2.32. The van der Waals surface area contributed by atoms with Crippen LogP contribution in [0.3, 0.4) is 0 Å². The molecule has 4 rings (SSSR count). The number of ether oxygens (including phenoxy) is 1. The van der Waals surface area contributed by atoms with Crippen LogP contribution in [0.15, 0.2) is 66.7 Å². The first-order valence-electron chi connectivity index (χ1n) is 9.48. The summed E-state index contributed by atoms with van der Waals surface area (Å²) in [5.41, 5.74) is 4.83. The highest BCUT2D eigenvalue weighted by Crippen LogP contribution is 2.44. The van der Waals surface area contributed by atoms with E-state index in [1.165, 1.54) is 0 Å². The number of carboxylic acid groups (broad SMARTS) is 1. The maximum Gasteiger partial charge on any atom is 0.407 e. The molecule has 3 aromatic rings. The minimum atomic E-state index is -1.07. The molecule has 0 radical (unpaired) electrons. The van der Waals surface area contributed by atoms with Crippen molar-refractivity contribution in [2.75, 3.05) is 6.61 Å². The maximum absolute atomic E-state index is 12.5. The second-order valence-corrected chi connectivity index (χ2v) is 7.39. The van der Waals surface area contributed by atoms with Gasteiger partial charge in [0, 0.05) is 5.92 Å². The van der Waals surface area contributed by atoms with Crippen LogP contribution in [0.5, 0.6) is 0 Å². The molecule has 152 valence electrons. The number of pyridine rings is 1. The predicted molar refractivity (Wildman–Crippen MR) is 112 cm³/mol. The fraction of sp³-hybridized carbons (Fsp3) is 0.174. The molecule has 0 spiro atoms. The maximum atomic E-state index is 12.5. The largest absolute Gasteiger partial charge is 0.481 e. The van der Waals surface area contributed by atoms with Gasteiger partial charge in [0.1, 0.15) is 11.8 Å². The van der Waals surface area contributed by atoms with E-state index in [4.69, 9.17) is 16.3 Å². The Morgan fingerprint density at radius 3 is 2.23 bits per heavy atom. The highest BCUT2D eigenvalue weighted by Gasteiger charge is 2.29. The molecule has 30 heavy (non-hydrogen) atoms. The molecule has 1 amide bonds. The number of amides is 1. The smallest absolute Gasteiger partial charge is 0.407 e. The average Bonchev–Trinajstić information content (AvgIpc) is 3.05. The normalized spacial score (nSPS) is 13.2. The van der Waals surface area contributed by atoms with E-state index in [1.54, 1.807) is 18.2 Å². The number of carbonyl (C=O) groups is 2. The van der Waals surface area contributed by atoms with Crippen LogP contribution in [0.2, 0.25) is 5.15 Å². The first-order chi connectivity index (χ1) is 14.5. The number of hydrogen-bond acceptors (Lipinski definition) is 4. The lowest BCUT2D eigenvalue weighted by Gasteiger charge is -2.18. The van der Waals surface area contributed by atoms with E-state index in [-0.39, 0.29) is 24.1 Å². The molecule has 2 N–H and O–H groups in total. The molecule has 7 heteroatoms. The van der Waals surface area contributed by atoms with Gasteiger partial charge in [-0.1, -0.05) is 66.2 Å². The topological polar surface area (TPSA) is 88.5 Å². The minimum Gasteiger partial charge on any atom is -0.481 e. The van der Waals surface area contributed by atoms with Crippen molar-refractivity contribution in [2.45, 2.75) is 18.4 Å². The summed E-state index contributed by atoms with van der Waals surface area (Å²) < 4.78 is 5.50. The van der Waals surface area contributed by atoms with Gasteiger partial charge in [0.05, 0.1) is 18.2 Å². The van der Waals surface area contributed by atoms with Crippen LogP contribution in [-0.4, -0.2) is 28.8 Å². The van der Waals surface area contributed by atoms with Crippen molar-refractivity contribution in [2.24, 2.45) is 0 Å². The molecule has 1 heterocycles. The number of alkyl carbamates (subject to hydrolysis) is 1. The highest BCUT2D eigenvalue weighted by atomic mass is 35.5. The molecular weight excluding hydrogens is 404 g/mol. The zero-order valence-corrected chi connectivity index (χ0v) is 16.7. The lowest BCUT2D eigenvalue weighted by atomic mass is 9.98. The van der Waals surface area contributed by atoms with Gasteiger partial charge in [0.25, 0.3) is 0 Å². The number of aromatic nitrogens is 1. The van der Waals surface area contributed by atoms with E-state index in [1.807, 2.05) is 36.4 Å². The highest BCUT2D eigenvalue weighted by molar-refractivity contribution is 6.29. The first kappa shape index (κ1) is 19.9.